The van der Waals surface area contributed by atoms with Crippen LogP contribution in [-0.2, 0) is 6.54 Å². The molecule has 0 aliphatic carbocycles. The van der Waals surface area contributed by atoms with Crippen LogP contribution in [-0.4, -0.2) is 21.6 Å². The number of benzene rings is 1. The van der Waals surface area contributed by atoms with Gasteiger partial charge in [0.25, 0.3) is 0 Å². The van der Waals surface area contributed by atoms with Gasteiger partial charge in [0.15, 0.2) is 0 Å². The van der Waals surface area contributed by atoms with E-state index in [0.717, 1.165) is 29.1 Å². The lowest BCUT2D eigenvalue weighted by molar-refractivity contribution is 0.761. The predicted octanol–water partition coefficient (Wildman–Crippen LogP) is 2.83. The third kappa shape index (κ3) is 2.17. The summed E-state index contributed by atoms with van der Waals surface area (Å²) >= 11 is 0. The zero-order chi connectivity index (χ0) is 13.2. The largest absolute Gasteiger partial charge is 0.373 e. The molecule has 1 aromatic carbocycles. The standard InChI is InChI=1S/C15H16N4/c1-11-17-7-8-19(11)10-13-9-12-5-3-4-6-14(12)18-15(13)16-2/h3-9H,10H2,1-2H3,(H,16,18). The van der Waals surface area contributed by atoms with Crippen molar-refractivity contribution < 1.29 is 0 Å². The number of nitrogens with zero attached hydrogens (tertiary/aromatic N) is 3. The number of pyridine rings is 1. The van der Waals surface area contributed by atoms with Crippen LogP contribution in [0.15, 0.2) is 42.7 Å². The number of aromatic nitrogens is 3. The number of hydrogen-bond donors (Lipinski definition) is 1. The number of para-hydroxylation sites is 1. The van der Waals surface area contributed by atoms with Crippen molar-refractivity contribution in [2.45, 2.75) is 13.5 Å². The van der Waals surface area contributed by atoms with Gasteiger partial charge in [0.2, 0.25) is 0 Å². The van der Waals surface area contributed by atoms with Crippen molar-refractivity contribution in [2.24, 2.45) is 0 Å². The molecule has 0 aliphatic heterocycles. The van der Waals surface area contributed by atoms with E-state index in [2.05, 4.69) is 32.0 Å². The molecule has 2 aromatic heterocycles. The van der Waals surface area contributed by atoms with Crippen LogP contribution in [0.2, 0.25) is 0 Å². The number of anilines is 1. The van der Waals surface area contributed by atoms with Crippen molar-refractivity contribution in [3.8, 4) is 0 Å². The number of fused-ring (bicyclic) bond motifs is 1. The van der Waals surface area contributed by atoms with Crippen LogP contribution in [0.3, 0.4) is 0 Å². The normalized spacial score (nSPS) is 10.8. The lowest BCUT2D eigenvalue weighted by atomic mass is 10.1. The van der Waals surface area contributed by atoms with E-state index < -0.39 is 0 Å². The summed E-state index contributed by atoms with van der Waals surface area (Å²) in [5, 5.41) is 4.34. The summed E-state index contributed by atoms with van der Waals surface area (Å²) in [7, 11) is 1.90. The molecule has 3 aromatic rings. The highest BCUT2D eigenvalue weighted by atomic mass is 15.1. The lowest BCUT2D eigenvalue weighted by Gasteiger charge is -2.11. The summed E-state index contributed by atoms with van der Waals surface area (Å²) in [4.78, 5) is 8.91. The molecule has 2 heterocycles. The second-order valence-electron chi connectivity index (χ2n) is 4.54. The Hall–Kier alpha value is -2.36. The Labute approximate surface area is 112 Å². The van der Waals surface area contributed by atoms with E-state index in [9.17, 15) is 0 Å². The molecule has 0 atom stereocenters. The van der Waals surface area contributed by atoms with E-state index in [1.54, 1.807) is 0 Å². The van der Waals surface area contributed by atoms with Gasteiger partial charge in [-0.25, -0.2) is 9.97 Å². The van der Waals surface area contributed by atoms with Gasteiger partial charge in [-0.3, -0.25) is 0 Å². The van der Waals surface area contributed by atoms with Gasteiger partial charge in [0, 0.05) is 30.4 Å². The number of nitrogens with one attached hydrogen (secondary N) is 1. The summed E-state index contributed by atoms with van der Waals surface area (Å²) in [6.07, 6.45) is 3.81. The molecule has 0 fully saturated rings. The second kappa shape index (κ2) is 4.72. The van der Waals surface area contributed by atoms with E-state index in [1.165, 1.54) is 5.56 Å². The third-order valence-electron chi connectivity index (χ3n) is 3.30. The van der Waals surface area contributed by atoms with Gasteiger partial charge in [-0.15, -0.1) is 0 Å². The molecule has 0 spiro atoms. The summed E-state index contributed by atoms with van der Waals surface area (Å²) in [6.45, 7) is 2.79. The number of aryl methyl sites for hydroxylation is 1. The zero-order valence-corrected chi connectivity index (χ0v) is 11.1. The average Bonchev–Trinajstić information content (AvgIpc) is 2.83. The first-order valence-corrected chi connectivity index (χ1v) is 6.32. The summed E-state index contributed by atoms with van der Waals surface area (Å²) in [5.74, 6) is 1.93. The van der Waals surface area contributed by atoms with Crippen LogP contribution in [0.5, 0.6) is 0 Å². The molecule has 0 aliphatic rings. The van der Waals surface area contributed by atoms with E-state index in [0.29, 0.717) is 0 Å². The van der Waals surface area contributed by atoms with E-state index in [1.807, 2.05) is 44.6 Å². The van der Waals surface area contributed by atoms with Gasteiger partial charge >= 0.3 is 0 Å². The number of imidazole rings is 1. The highest BCUT2D eigenvalue weighted by Gasteiger charge is 2.07. The van der Waals surface area contributed by atoms with Gasteiger partial charge < -0.3 is 9.88 Å². The molecular formula is C15H16N4. The first-order chi connectivity index (χ1) is 9.28. The van der Waals surface area contributed by atoms with Gasteiger partial charge in [0.05, 0.1) is 12.1 Å². The van der Waals surface area contributed by atoms with Crippen LogP contribution in [0.1, 0.15) is 11.4 Å². The molecular weight excluding hydrogens is 236 g/mol. The van der Waals surface area contributed by atoms with Crippen LogP contribution in [0.25, 0.3) is 10.9 Å². The maximum Gasteiger partial charge on any atom is 0.131 e. The fraction of sp³-hybridized carbons (Fsp3) is 0.200. The second-order valence-corrected chi connectivity index (χ2v) is 4.54. The highest BCUT2D eigenvalue weighted by molar-refractivity contribution is 5.81. The van der Waals surface area contributed by atoms with Gasteiger partial charge in [-0.05, 0) is 19.1 Å². The molecule has 0 radical (unpaired) electrons. The van der Waals surface area contributed by atoms with Crippen LogP contribution < -0.4 is 5.32 Å². The molecule has 0 amide bonds. The maximum atomic E-state index is 4.66. The Morgan fingerprint density at radius 1 is 1.26 bits per heavy atom. The first-order valence-electron chi connectivity index (χ1n) is 6.32. The minimum Gasteiger partial charge on any atom is -0.373 e. The van der Waals surface area contributed by atoms with Gasteiger partial charge in [0.1, 0.15) is 11.6 Å². The lowest BCUT2D eigenvalue weighted by Crippen LogP contribution is -2.05. The van der Waals surface area contributed by atoms with Crippen LogP contribution in [0, 0.1) is 6.92 Å². The topological polar surface area (TPSA) is 42.7 Å². The van der Waals surface area contributed by atoms with Crippen molar-refractivity contribution in [3.05, 3.63) is 54.1 Å². The Bertz CT molecular complexity index is 715. The quantitative estimate of drug-likeness (QED) is 0.779. The molecule has 3 rings (SSSR count). The Morgan fingerprint density at radius 2 is 2.11 bits per heavy atom. The number of rotatable bonds is 3. The SMILES string of the molecule is CNc1nc2ccccc2cc1Cn1ccnc1C. The minimum absolute atomic E-state index is 0.778. The van der Waals surface area contributed by atoms with Crippen molar-refractivity contribution in [3.63, 3.8) is 0 Å². The molecule has 0 bridgehead atoms. The zero-order valence-electron chi connectivity index (χ0n) is 11.1. The molecule has 0 unspecified atom stereocenters. The summed E-state index contributed by atoms with van der Waals surface area (Å²) in [6, 6.07) is 10.4. The first kappa shape index (κ1) is 11.7. The predicted molar refractivity (Wildman–Crippen MR) is 77.4 cm³/mol. The molecule has 1 N–H and O–H groups in total. The molecule has 4 heteroatoms. The molecule has 0 saturated heterocycles. The Balaban J connectivity index is 2.09. The molecule has 0 saturated carbocycles. The highest BCUT2D eigenvalue weighted by Crippen LogP contribution is 2.21. The van der Waals surface area contributed by atoms with Crippen LogP contribution in [0.4, 0.5) is 5.82 Å². The van der Waals surface area contributed by atoms with E-state index in [4.69, 9.17) is 0 Å². The smallest absolute Gasteiger partial charge is 0.131 e. The fourth-order valence-corrected chi connectivity index (χ4v) is 2.25. The fourth-order valence-electron chi connectivity index (χ4n) is 2.25. The maximum absolute atomic E-state index is 4.66. The van der Waals surface area contributed by atoms with Gasteiger partial charge in [-0.2, -0.15) is 0 Å². The summed E-state index contributed by atoms with van der Waals surface area (Å²) < 4.78 is 2.12. The third-order valence-corrected chi connectivity index (χ3v) is 3.30. The van der Waals surface area contributed by atoms with Crippen molar-refractivity contribution in [2.75, 3.05) is 12.4 Å². The van der Waals surface area contributed by atoms with Crippen molar-refractivity contribution in [1.29, 1.82) is 0 Å². The Kier molecular flexibility index (Phi) is 2.91. The monoisotopic (exact) mass is 252 g/mol. The summed E-state index contributed by atoms with van der Waals surface area (Å²) in [5.41, 5.74) is 2.18. The van der Waals surface area contributed by atoms with Crippen molar-refractivity contribution in [1.82, 2.24) is 14.5 Å². The molecule has 19 heavy (non-hydrogen) atoms. The minimum atomic E-state index is 0.778. The molecule has 4 nitrogen and oxygen atoms in total. The van der Waals surface area contributed by atoms with Crippen LogP contribution >= 0.6 is 0 Å². The van der Waals surface area contributed by atoms with Crippen molar-refractivity contribution >= 4 is 16.7 Å². The Morgan fingerprint density at radius 3 is 2.84 bits per heavy atom. The van der Waals surface area contributed by atoms with E-state index >= 15 is 0 Å². The van der Waals surface area contributed by atoms with E-state index in [-0.39, 0.29) is 0 Å². The average molecular weight is 252 g/mol. The van der Waals surface area contributed by atoms with Gasteiger partial charge in [-0.1, -0.05) is 18.2 Å². The number of hydrogen-bond acceptors (Lipinski definition) is 3. The molecule has 96 valence electrons.